The van der Waals surface area contributed by atoms with Crippen molar-refractivity contribution in [2.24, 2.45) is 0 Å². The van der Waals surface area contributed by atoms with E-state index in [2.05, 4.69) is 234 Å². The van der Waals surface area contributed by atoms with E-state index in [0.717, 1.165) is 45.5 Å². The molecule has 0 unspecified atom stereocenters. The van der Waals surface area contributed by atoms with Gasteiger partial charge in [-0.3, -0.25) is 9.97 Å². The molecule has 0 saturated heterocycles. The van der Waals surface area contributed by atoms with Gasteiger partial charge in [0.1, 0.15) is 0 Å². The minimum absolute atomic E-state index is 0. The van der Waals surface area contributed by atoms with Crippen molar-refractivity contribution in [1.29, 1.82) is 0 Å². The summed E-state index contributed by atoms with van der Waals surface area (Å²) in [5.41, 5.74) is 19.0. The zero-order valence-corrected chi connectivity index (χ0v) is 54.0. The van der Waals surface area contributed by atoms with Crippen LogP contribution in [0.25, 0.3) is 21.3 Å². The summed E-state index contributed by atoms with van der Waals surface area (Å²) in [6.45, 7) is 42.6. The third-order valence-corrected chi connectivity index (χ3v) is 13.7. The molecule has 6 rings (SSSR count). The Morgan fingerprint density at radius 1 is 0.280 bits per heavy atom. The maximum absolute atomic E-state index is 5.06. The topological polar surface area (TPSA) is 82.2 Å². The summed E-state index contributed by atoms with van der Waals surface area (Å²) in [6, 6.07) is 38.7. The van der Waals surface area contributed by atoms with Crippen LogP contribution in [0, 0.1) is 31.1 Å². The van der Waals surface area contributed by atoms with Crippen molar-refractivity contribution >= 4 is 22.7 Å². The van der Waals surface area contributed by atoms with Gasteiger partial charge in [0.2, 0.25) is 0 Å². The van der Waals surface area contributed by atoms with E-state index in [1.165, 1.54) is 70.2 Å². The van der Waals surface area contributed by atoms with Crippen LogP contribution >= 0.6 is 0 Å². The van der Waals surface area contributed by atoms with Crippen molar-refractivity contribution in [2.75, 3.05) is 0 Å². The molecule has 0 N–H and O–H groups in total. The van der Waals surface area contributed by atoms with Gasteiger partial charge in [-0.05, 0) is 71.6 Å². The SMILES string of the molecule is CC(C)c1cccc(C(C)C)c1[N-]Cc1cccc(C[N-]c2c(C(C)C)cccc2C(C)C)n1.CC(C)c1cccc(C(C)C)c1[N-]Cc1cccc(C[N-]c2c(C(C)C)cccc2C(C)C)n1.CCCCCC.[U+4]. The number of hydrogen-bond donors (Lipinski definition) is 0. The van der Waals surface area contributed by atoms with Gasteiger partial charge in [0.15, 0.2) is 0 Å². The Morgan fingerprint density at radius 3 is 0.587 bits per heavy atom. The Labute approximate surface area is 482 Å². The average molecular weight is 1240 g/mol. The number of nitrogens with zero attached hydrogens (tertiary/aromatic N) is 6. The molecule has 2 heterocycles. The zero-order chi connectivity index (χ0) is 54.5. The molecule has 0 amide bonds. The van der Waals surface area contributed by atoms with Crippen molar-refractivity contribution in [3.05, 3.63) is 198 Å². The van der Waals surface area contributed by atoms with Gasteiger partial charge in [0.05, 0.1) is 0 Å². The Morgan fingerprint density at radius 2 is 0.440 bits per heavy atom. The summed E-state index contributed by atoms with van der Waals surface area (Å²) in [5, 5.41) is 20.2. The largest absolute Gasteiger partial charge is 4.00 e. The molecule has 0 spiro atoms. The molecule has 0 bridgehead atoms. The molecule has 7 heteroatoms. The van der Waals surface area contributed by atoms with Crippen LogP contribution in [0.5, 0.6) is 0 Å². The van der Waals surface area contributed by atoms with E-state index in [9.17, 15) is 0 Å². The van der Waals surface area contributed by atoms with Crippen LogP contribution in [-0.4, -0.2) is 9.97 Å². The predicted molar refractivity (Wildman–Crippen MR) is 324 cm³/mol. The van der Waals surface area contributed by atoms with Gasteiger partial charge in [0.25, 0.3) is 0 Å². The predicted octanol–water partition coefficient (Wildman–Crippen LogP) is 22.6. The van der Waals surface area contributed by atoms with E-state index >= 15 is 0 Å². The zero-order valence-electron chi connectivity index (χ0n) is 49.9. The van der Waals surface area contributed by atoms with Gasteiger partial charge < -0.3 is 21.3 Å². The number of unbranched alkanes of at least 4 members (excludes halogenated alkanes) is 3. The normalized spacial score (nSPS) is 11.3. The van der Waals surface area contributed by atoms with E-state index in [4.69, 9.17) is 31.2 Å². The molecule has 0 fully saturated rings. The van der Waals surface area contributed by atoms with Gasteiger partial charge >= 0.3 is 31.1 Å². The molecule has 0 aliphatic heterocycles. The van der Waals surface area contributed by atoms with E-state index < -0.39 is 0 Å². The number of hydrogen-bond acceptors (Lipinski definition) is 2. The van der Waals surface area contributed by atoms with Crippen LogP contribution in [0.3, 0.4) is 0 Å². The Bertz CT molecular complexity index is 2140. The summed E-state index contributed by atoms with van der Waals surface area (Å²) in [5.74, 6) is 3.49. The minimum atomic E-state index is 0. The molecular formula is C68H96N6U. The molecule has 6 nitrogen and oxygen atoms in total. The number of rotatable bonds is 23. The van der Waals surface area contributed by atoms with Crippen LogP contribution in [-0.2, 0) is 26.2 Å². The quantitative estimate of drug-likeness (QED) is 0.0599. The van der Waals surface area contributed by atoms with Crippen LogP contribution in [0.1, 0.15) is 265 Å². The molecule has 0 radical (unpaired) electrons. The average Bonchev–Trinajstić information content (AvgIpc) is 3.37. The Kier molecular flexibility index (Phi) is 28.4. The molecular weight excluding hydrogens is 1140 g/mol. The van der Waals surface area contributed by atoms with Crippen molar-refractivity contribution in [1.82, 2.24) is 9.97 Å². The number of pyridine rings is 2. The smallest absolute Gasteiger partial charge is 0.679 e. The summed E-state index contributed by atoms with van der Waals surface area (Å²) in [6.07, 6.45) is 5.54. The number of benzene rings is 4. The van der Waals surface area contributed by atoms with Gasteiger partial charge in [-0.2, -0.15) is 0 Å². The maximum Gasteiger partial charge on any atom is 4.00 e. The molecule has 0 aliphatic rings. The van der Waals surface area contributed by atoms with Gasteiger partial charge in [-0.1, -0.05) is 306 Å². The van der Waals surface area contributed by atoms with Gasteiger partial charge in [-0.25, -0.2) is 0 Å². The third-order valence-electron chi connectivity index (χ3n) is 13.7. The first-order chi connectivity index (χ1) is 35.3. The molecule has 0 saturated carbocycles. The first kappa shape index (κ1) is 64.7. The number of para-hydroxylation sites is 4. The monoisotopic (exact) mass is 1230 g/mol. The van der Waals surface area contributed by atoms with E-state index in [0.29, 0.717) is 73.5 Å². The molecule has 4 aromatic carbocycles. The fraction of sp³-hybridized carbons (Fsp3) is 0.500. The molecule has 402 valence electrons. The van der Waals surface area contributed by atoms with Gasteiger partial charge in [-0.15, -0.1) is 22.7 Å². The molecule has 6 aromatic rings. The molecule has 0 aliphatic carbocycles. The van der Waals surface area contributed by atoms with Crippen LogP contribution in [0.2, 0.25) is 0 Å². The Hall–Kier alpha value is -4.57. The summed E-state index contributed by atoms with van der Waals surface area (Å²) in [7, 11) is 0. The van der Waals surface area contributed by atoms with Crippen LogP contribution in [0.4, 0.5) is 22.7 Å². The molecule has 0 atom stereocenters. The third kappa shape index (κ3) is 19.8. The molecule has 2 aromatic heterocycles. The van der Waals surface area contributed by atoms with Crippen molar-refractivity contribution in [3.63, 3.8) is 0 Å². The van der Waals surface area contributed by atoms with Crippen molar-refractivity contribution in [2.45, 2.75) is 224 Å². The van der Waals surface area contributed by atoms with Crippen molar-refractivity contribution in [3.8, 4) is 0 Å². The second kappa shape index (κ2) is 32.9. The summed E-state index contributed by atoms with van der Waals surface area (Å²) >= 11 is 0. The van der Waals surface area contributed by atoms with E-state index in [1.54, 1.807) is 0 Å². The molecule has 75 heavy (non-hydrogen) atoms. The second-order valence-electron chi connectivity index (χ2n) is 22.6. The summed E-state index contributed by atoms with van der Waals surface area (Å²) < 4.78 is 0. The Balaban J connectivity index is 0.000000352. The minimum Gasteiger partial charge on any atom is -0.679 e. The standard InChI is InChI=1S/2C31H41N3.C6H14.U/c2*1-20(2)26-14-10-15-27(21(3)4)30(26)32-18-24-12-9-13-25(34-24)19-33-31-28(22(5)6)16-11-17-29(31)23(7)8;1-3-5-6-4-2;/h2*9-17,20-23H,18-19H2,1-8H3;3-6H2,1-2H3;/q2*-2;;+4. The second-order valence-corrected chi connectivity index (χ2v) is 22.6. The van der Waals surface area contributed by atoms with E-state index in [1.807, 2.05) is 0 Å². The fourth-order valence-electron chi connectivity index (χ4n) is 9.33. The van der Waals surface area contributed by atoms with Crippen LogP contribution in [0.15, 0.2) is 109 Å². The summed E-state index contributed by atoms with van der Waals surface area (Å²) in [4.78, 5) is 9.83. The first-order valence-corrected chi connectivity index (χ1v) is 28.4. The van der Waals surface area contributed by atoms with Gasteiger partial charge in [0, 0.05) is 22.8 Å². The van der Waals surface area contributed by atoms with Crippen LogP contribution < -0.4 is 0 Å². The fourth-order valence-corrected chi connectivity index (χ4v) is 9.33. The first-order valence-electron chi connectivity index (χ1n) is 28.4. The van der Waals surface area contributed by atoms with Crippen molar-refractivity contribution < 1.29 is 31.1 Å². The van der Waals surface area contributed by atoms with E-state index in [-0.39, 0.29) is 31.1 Å². The maximum atomic E-state index is 5.06. The number of aromatic nitrogens is 2.